The summed E-state index contributed by atoms with van der Waals surface area (Å²) < 4.78 is 2.04. The minimum atomic E-state index is -0.0951. The molecule has 122 valence electrons. The first-order valence-electron chi connectivity index (χ1n) is 7.12. The highest BCUT2D eigenvalue weighted by molar-refractivity contribution is 5.85. The van der Waals surface area contributed by atoms with E-state index < -0.39 is 0 Å². The Labute approximate surface area is 142 Å². The van der Waals surface area contributed by atoms with Gasteiger partial charge in [-0.05, 0) is 38.4 Å². The Morgan fingerprint density at radius 1 is 1.41 bits per heavy atom. The molecule has 2 atom stereocenters. The molecule has 2 heterocycles. The van der Waals surface area contributed by atoms with Crippen LogP contribution in [-0.2, 0) is 11.8 Å². The van der Waals surface area contributed by atoms with Crippen molar-refractivity contribution in [2.24, 2.45) is 7.05 Å². The average Bonchev–Trinajstić information content (AvgIpc) is 3.07. The summed E-state index contributed by atoms with van der Waals surface area (Å²) >= 11 is 0. The van der Waals surface area contributed by atoms with E-state index in [4.69, 9.17) is 0 Å². The van der Waals surface area contributed by atoms with Gasteiger partial charge >= 0.3 is 0 Å². The van der Waals surface area contributed by atoms with Crippen LogP contribution in [0.5, 0.6) is 0 Å². The van der Waals surface area contributed by atoms with Crippen LogP contribution in [0.4, 0.5) is 0 Å². The molecule has 5 nitrogen and oxygen atoms in total. The number of carbonyl (C=O) groups excluding carboxylic acids is 1. The molecule has 0 spiro atoms. The largest absolute Gasteiger partial charge is 0.345 e. The summed E-state index contributed by atoms with van der Waals surface area (Å²) in [5.41, 5.74) is 2.05. The van der Waals surface area contributed by atoms with Crippen LogP contribution in [0.15, 0.2) is 24.3 Å². The lowest BCUT2D eigenvalue weighted by Gasteiger charge is -2.17. The first-order chi connectivity index (χ1) is 9.66. The molecule has 0 saturated carbocycles. The van der Waals surface area contributed by atoms with Gasteiger partial charge in [-0.2, -0.15) is 0 Å². The first kappa shape index (κ1) is 18.7. The Morgan fingerprint density at radius 2 is 2.14 bits per heavy atom. The number of carbonyl (C=O) groups is 1. The summed E-state index contributed by atoms with van der Waals surface area (Å²) in [6.45, 7) is 2.91. The van der Waals surface area contributed by atoms with E-state index in [1.165, 1.54) is 0 Å². The van der Waals surface area contributed by atoms with Crippen molar-refractivity contribution in [3.63, 3.8) is 0 Å². The van der Waals surface area contributed by atoms with Gasteiger partial charge in [-0.1, -0.05) is 12.1 Å². The summed E-state index contributed by atoms with van der Waals surface area (Å²) in [6.07, 6.45) is 1.99. The smallest absolute Gasteiger partial charge is 0.237 e. The van der Waals surface area contributed by atoms with Gasteiger partial charge in [0.25, 0.3) is 0 Å². The molecule has 1 aliphatic rings. The van der Waals surface area contributed by atoms with Gasteiger partial charge in [-0.3, -0.25) is 4.79 Å². The number of fused-ring (bicyclic) bond motifs is 1. The standard InChI is InChI=1S/C15H20N4O.2ClH/c1-10(17-15(20)12-7-5-9-16-12)14-18-11-6-3-4-8-13(11)19(14)2;;/h3-4,6,8,10,12,16H,5,7,9H2,1-2H3,(H,17,20);2*1H/t10?,12-;;/m0../s1. The number of aryl methyl sites for hydroxylation is 1. The van der Waals surface area contributed by atoms with Crippen molar-refractivity contribution in [3.05, 3.63) is 30.1 Å². The highest BCUT2D eigenvalue weighted by Crippen LogP contribution is 2.19. The minimum absolute atomic E-state index is 0. The predicted molar refractivity (Wildman–Crippen MR) is 92.8 cm³/mol. The van der Waals surface area contributed by atoms with Crippen molar-refractivity contribution in [2.75, 3.05) is 6.54 Å². The van der Waals surface area contributed by atoms with Crippen LogP contribution in [0.1, 0.15) is 31.6 Å². The number of benzene rings is 1. The Balaban J connectivity index is 0.00000121. The monoisotopic (exact) mass is 344 g/mol. The fourth-order valence-corrected chi connectivity index (χ4v) is 2.84. The number of hydrogen-bond donors (Lipinski definition) is 2. The highest BCUT2D eigenvalue weighted by atomic mass is 35.5. The van der Waals surface area contributed by atoms with E-state index in [-0.39, 0.29) is 42.8 Å². The molecular formula is C15H22Cl2N4O. The summed E-state index contributed by atoms with van der Waals surface area (Å²) in [6, 6.07) is 7.86. The molecule has 2 N–H and O–H groups in total. The average molecular weight is 345 g/mol. The number of rotatable bonds is 3. The van der Waals surface area contributed by atoms with Crippen LogP contribution in [0, 0.1) is 0 Å². The van der Waals surface area contributed by atoms with E-state index in [0.29, 0.717) is 0 Å². The lowest BCUT2D eigenvalue weighted by atomic mass is 10.2. The normalized spacial score (nSPS) is 18.4. The third kappa shape index (κ3) is 3.54. The van der Waals surface area contributed by atoms with Gasteiger partial charge in [0, 0.05) is 7.05 Å². The zero-order chi connectivity index (χ0) is 14.1. The quantitative estimate of drug-likeness (QED) is 0.898. The van der Waals surface area contributed by atoms with Gasteiger partial charge in [0.15, 0.2) is 0 Å². The lowest BCUT2D eigenvalue weighted by molar-refractivity contribution is -0.123. The molecule has 1 amide bonds. The van der Waals surface area contributed by atoms with E-state index in [9.17, 15) is 4.79 Å². The fraction of sp³-hybridized carbons (Fsp3) is 0.467. The van der Waals surface area contributed by atoms with Crippen molar-refractivity contribution in [3.8, 4) is 0 Å². The molecule has 0 bridgehead atoms. The van der Waals surface area contributed by atoms with Crippen LogP contribution >= 0.6 is 24.8 Å². The molecule has 1 aromatic carbocycles. The number of halogens is 2. The summed E-state index contributed by atoms with van der Waals surface area (Å²) in [5.74, 6) is 0.958. The highest BCUT2D eigenvalue weighted by Gasteiger charge is 2.24. The van der Waals surface area contributed by atoms with Crippen LogP contribution in [0.2, 0.25) is 0 Å². The van der Waals surface area contributed by atoms with Gasteiger partial charge in [0.2, 0.25) is 5.91 Å². The molecule has 1 unspecified atom stereocenters. The topological polar surface area (TPSA) is 59.0 Å². The minimum Gasteiger partial charge on any atom is -0.345 e. The molecule has 0 aliphatic carbocycles. The second-order valence-electron chi connectivity index (χ2n) is 5.40. The summed E-state index contributed by atoms with van der Waals surface area (Å²) in [4.78, 5) is 16.8. The Morgan fingerprint density at radius 3 is 2.77 bits per heavy atom. The molecular weight excluding hydrogens is 323 g/mol. The molecule has 2 aromatic rings. The van der Waals surface area contributed by atoms with E-state index in [1.807, 2.05) is 42.8 Å². The molecule has 22 heavy (non-hydrogen) atoms. The first-order valence-corrected chi connectivity index (χ1v) is 7.12. The number of amides is 1. The summed E-state index contributed by atoms with van der Waals surface area (Å²) in [5, 5.41) is 6.27. The zero-order valence-corrected chi connectivity index (χ0v) is 14.3. The second kappa shape index (κ2) is 7.81. The molecule has 0 radical (unpaired) electrons. The van der Waals surface area contributed by atoms with Crippen molar-refractivity contribution < 1.29 is 4.79 Å². The molecule has 3 rings (SSSR count). The van der Waals surface area contributed by atoms with Crippen LogP contribution in [-0.4, -0.2) is 28.0 Å². The number of nitrogens with zero attached hydrogens (tertiary/aromatic N) is 2. The lowest BCUT2D eigenvalue weighted by Crippen LogP contribution is -2.41. The van der Waals surface area contributed by atoms with Crippen LogP contribution in [0.25, 0.3) is 11.0 Å². The van der Waals surface area contributed by atoms with Gasteiger partial charge in [-0.15, -0.1) is 24.8 Å². The number of hydrogen-bond acceptors (Lipinski definition) is 3. The molecule has 1 aromatic heterocycles. The number of para-hydroxylation sites is 2. The molecule has 1 aliphatic heterocycles. The van der Waals surface area contributed by atoms with E-state index in [2.05, 4.69) is 15.6 Å². The van der Waals surface area contributed by atoms with Crippen molar-refractivity contribution in [1.29, 1.82) is 0 Å². The van der Waals surface area contributed by atoms with Crippen molar-refractivity contribution >= 4 is 41.8 Å². The van der Waals surface area contributed by atoms with Gasteiger partial charge < -0.3 is 15.2 Å². The van der Waals surface area contributed by atoms with Crippen LogP contribution in [0.3, 0.4) is 0 Å². The van der Waals surface area contributed by atoms with Gasteiger partial charge in [0.05, 0.1) is 23.1 Å². The third-order valence-electron chi connectivity index (χ3n) is 3.94. The maximum atomic E-state index is 12.1. The van der Waals surface area contributed by atoms with E-state index in [0.717, 1.165) is 36.2 Å². The maximum absolute atomic E-state index is 12.1. The van der Waals surface area contributed by atoms with Crippen molar-refractivity contribution in [1.82, 2.24) is 20.2 Å². The molecule has 1 fully saturated rings. The van der Waals surface area contributed by atoms with E-state index in [1.54, 1.807) is 0 Å². The maximum Gasteiger partial charge on any atom is 0.237 e. The fourth-order valence-electron chi connectivity index (χ4n) is 2.84. The molecule has 1 saturated heterocycles. The Bertz CT molecular complexity index is 638. The summed E-state index contributed by atoms with van der Waals surface area (Å²) in [7, 11) is 1.99. The SMILES string of the molecule is CC(NC(=O)[C@@H]1CCCN1)c1nc2ccccc2n1C.Cl.Cl. The molecule has 7 heteroatoms. The zero-order valence-electron chi connectivity index (χ0n) is 12.7. The Kier molecular flexibility index (Phi) is 6.66. The van der Waals surface area contributed by atoms with Crippen LogP contribution < -0.4 is 10.6 Å². The third-order valence-corrected chi connectivity index (χ3v) is 3.94. The van der Waals surface area contributed by atoms with Gasteiger partial charge in [-0.25, -0.2) is 4.98 Å². The van der Waals surface area contributed by atoms with Crippen molar-refractivity contribution in [2.45, 2.75) is 31.8 Å². The number of aromatic nitrogens is 2. The second-order valence-corrected chi connectivity index (χ2v) is 5.40. The van der Waals surface area contributed by atoms with Gasteiger partial charge in [0.1, 0.15) is 5.82 Å². The number of nitrogens with one attached hydrogen (secondary N) is 2. The van der Waals surface area contributed by atoms with E-state index >= 15 is 0 Å². The Hall–Kier alpha value is -1.30. The number of imidazole rings is 1. The predicted octanol–water partition coefficient (Wildman–Crippen LogP) is 2.35.